The Morgan fingerprint density at radius 3 is 2.74 bits per heavy atom. The fourth-order valence-electron chi connectivity index (χ4n) is 2.40. The van der Waals surface area contributed by atoms with Gasteiger partial charge in [-0.2, -0.15) is 0 Å². The van der Waals surface area contributed by atoms with E-state index in [9.17, 15) is 4.79 Å². The summed E-state index contributed by atoms with van der Waals surface area (Å²) in [7, 11) is -1.14. The first-order valence-corrected chi connectivity index (χ1v) is 13.2. The minimum absolute atomic E-state index is 0.0898. The summed E-state index contributed by atoms with van der Waals surface area (Å²) in [6.45, 7) is 9.97. The van der Waals surface area contributed by atoms with Gasteiger partial charge in [0.1, 0.15) is 6.73 Å². The summed E-state index contributed by atoms with van der Waals surface area (Å²) in [6.07, 6.45) is 0.957. The summed E-state index contributed by atoms with van der Waals surface area (Å²) in [5.41, 5.74) is 7.65. The van der Waals surface area contributed by atoms with Crippen molar-refractivity contribution >= 4 is 46.9 Å². The van der Waals surface area contributed by atoms with Crippen LogP contribution in [-0.4, -0.2) is 37.8 Å². The fourth-order valence-corrected chi connectivity index (χ4v) is 3.52. The van der Waals surface area contributed by atoms with Gasteiger partial charge in [0, 0.05) is 36.3 Å². The number of carbonyl (C=O) groups is 1. The summed E-state index contributed by atoms with van der Waals surface area (Å²) in [5, 5.41) is 4.57. The standard InChI is InChI=1S/C18H26BrN3O4Si/c1-5-25-18(23)26-21-17(20)15-11-22(12-24-8-9-27(2,3)4)16-7-6-13(19)10-14(15)16/h6-7,10-11H,5,8-9,12H2,1-4H3,(H2,20,21). The van der Waals surface area contributed by atoms with Crippen LogP contribution in [0.5, 0.6) is 0 Å². The quantitative estimate of drug-likeness (QED) is 0.120. The molecule has 1 heterocycles. The second-order valence-electron chi connectivity index (χ2n) is 7.27. The van der Waals surface area contributed by atoms with E-state index in [0.717, 1.165) is 28.0 Å². The molecule has 0 aliphatic carbocycles. The molecule has 1 aromatic carbocycles. The molecule has 27 heavy (non-hydrogen) atoms. The summed E-state index contributed by atoms with van der Waals surface area (Å²) in [6, 6.07) is 6.97. The molecule has 0 amide bonds. The lowest BCUT2D eigenvalue weighted by atomic mass is 10.1. The van der Waals surface area contributed by atoms with Gasteiger partial charge in [-0.25, -0.2) is 4.79 Å². The van der Waals surface area contributed by atoms with Crippen molar-refractivity contribution in [1.82, 2.24) is 4.57 Å². The second-order valence-corrected chi connectivity index (χ2v) is 13.8. The summed E-state index contributed by atoms with van der Waals surface area (Å²) < 4.78 is 13.4. The molecule has 0 bridgehead atoms. The molecule has 0 aliphatic heterocycles. The highest BCUT2D eigenvalue weighted by Gasteiger charge is 2.15. The predicted molar refractivity (Wildman–Crippen MR) is 113 cm³/mol. The number of fused-ring (bicyclic) bond motifs is 1. The van der Waals surface area contributed by atoms with Crippen LogP contribution >= 0.6 is 15.9 Å². The van der Waals surface area contributed by atoms with Crippen LogP contribution in [0, 0.1) is 0 Å². The van der Waals surface area contributed by atoms with Gasteiger partial charge in [-0.3, -0.25) is 4.84 Å². The number of halogens is 1. The highest BCUT2D eigenvalue weighted by molar-refractivity contribution is 9.10. The van der Waals surface area contributed by atoms with Gasteiger partial charge in [0.2, 0.25) is 0 Å². The zero-order valence-electron chi connectivity index (χ0n) is 16.1. The second kappa shape index (κ2) is 9.38. The molecule has 0 aliphatic rings. The largest absolute Gasteiger partial charge is 0.535 e. The fraction of sp³-hybridized carbons (Fsp3) is 0.444. The van der Waals surface area contributed by atoms with E-state index in [1.807, 2.05) is 29.0 Å². The number of oxime groups is 1. The van der Waals surface area contributed by atoms with Crippen molar-refractivity contribution in [3.63, 3.8) is 0 Å². The molecule has 0 fully saturated rings. The molecule has 0 spiro atoms. The normalized spacial score (nSPS) is 12.4. The zero-order valence-corrected chi connectivity index (χ0v) is 18.7. The van der Waals surface area contributed by atoms with Gasteiger partial charge >= 0.3 is 6.16 Å². The van der Waals surface area contributed by atoms with E-state index in [1.54, 1.807) is 6.92 Å². The average molecular weight is 456 g/mol. The van der Waals surface area contributed by atoms with Crippen molar-refractivity contribution in [3.8, 4) is 0 Å². The number of hydrogen-bond donors (Lipinski definition) is 1. The van der Waals surface area contributed by atoms with E-state index in [0.29, 0.717) is 12.3 Å². The molecule has 9 heteroatoms. The third-order valence-electron chi connectivity index (χ3n) is 3.83. The Kier molecular flexibility index (Phi) is 7.46. The van der Waals surface area contributed by atoms with Gasteiger partial charge in [0.25, 0.3) is 0 Å². The van der Waals surface area contributed by atoms with Crippen LogP contribution in [0.3, 0.4) is 0 Å². The molecular weight excluding hydrogens is 430 g/mol. The molecule has 0 radical (unpaired) electrons. The number of benzene rings is 1. The monoisotopic (exact) mass is 455 g/mol. The third kappa shape index (κ3) is 6.37. The first-order valence-electron chi connectivity index (χ1n) is 8.75. The van der Waals surface area contributed by atoms with Gasteiger partial charge in [0.05, 0.1) is 12.1 Å². The smallest absolute Gasteiger partial charge is 0.433 e. The molecule has 0 saturated carbocycles. The Morgan fingerprint density at radius 2 is 2.07 bits per heavy atom. The Hall–Kier alpha value is -1.84. The number of amidine groups is 1. The molecule has 0 atom stereocenters. The van der Waals surface area contributed by atoms with Crippen molar-refractivity contribution < 1.29 is 19.1 Å². The van der Waals surface area contributed by atoms with Crippen LogP contribution in [0.4, 0.5) is 4.79 Å². The minimum Gasteiger partial charge on any atom is -0.433 e. The van der Waals surface area contributed by atoms with Crippen molar-refractivity contribution in [1.29, 1.82) is 0 Å². The van der Waals surface area contributed by atoms with Crippen molar-refractivity contribution in [2.75, 3.05) is 13.2 Å². The lowest BCUT2D eigenvalue weighted by Gasteiger charge is -2.15. The topological polar surface area (TPSA) is 88.1 Å². The lowest BCUT2D eigenvalue weighted by molar-refractivity contribution is 0.0612. The number of rotatable bonds is 8. The zero-order chi connectivity index (χ0) is 20.0. The van der Waals surface area contributed by atoms with Crippen LogP contribution in [-0.2, 0) is 21.0 Å². The Morgan fingerprint density at radius 1 is 1.33 bits per heavy atom. The van der Waals surface area contributed by atoms with Crippen molar-refractivity contribution in [2.24, 2.45) is 10.9 Å². The van der Waals surface area contributed by atoms with Crippen LogP contribution in [0.25, 0.3) is 10.9 Å². The molecule has 0 saturated heterocycles. The van der Waals surface area contributed by atoms with Crippen LogP contribution in [0.15, 0.2) is 34.0 Å². The number of aromatic nitrogens is 1. The minimum atomic E-state index is -1.14. The number of nitrogens with two attached hydrogens (primary N) is 1. The van der Waals surface area contributed by atoms with Crippen molar-refractivity contribution in [2.45, 2.75) is 39.3 Å². The van der Waals surface area contributed by atoms with Gasteiger partial charge in [-0.1, -0.05) is 40.7 Å². The van der Waals surface area contributed by atoms with Gasteiger partial charge < -0.3 is 19.8 Å². The van der Waals surface area contributed by atoms with E-state index in [-0.39, 0.29) is 12.4 Å². The predicted octanol–water partition coefficient (Wildman–Crippen LogP) is 4.51. The number of ether oxygens (including phenoxy) is 2. The van der Waals surface area contributed by atoms with Gasteiger partial charge in [-0.15, -0.1) is 0 Å². The average Bonchev–Trinajstić information content (AvgIpc) is 2.94. The van der Waals surface area contributed by atoms with E-state index >= 15 is 0 Å². The van der Waals surface area contributed by atoms with E-state index in [2.05, 4.69) is 50.3 Å². The SMILES string of the molecule is CCOC(=O)O/N=C(\N)c1cn(COCC[Si](C)(C)C)c2ccc(Br)cc12. The summed E-state index contributed by atoms with van der Waals surface area (Å²) in [4.78, 5) is 16.0. The first kappa shape index (κ1) is 21.5. The lowest BCUT2D eigenvalue weighted by Crippen LogP contribution is -2.22. The van der Waals surface area contributed by atoms with Gasteiger partial charge in [-0.05, 0) is 31.2 Å². The van der Waals surface area contributed by atoms with Crippen LogP contribution in [0.2, 0.25) is 25.7 Å². The highest BCUT2D eigenvalue weighted by Crippen LogP contribution is 2.25. The van der Waals surface area contributed by atoms with Gasteiger partial charge in [0.15, 0.2) is 5.84 Å². The molecule has 2 aromatic rings. The maximum Gasteiger partial charge on any atom is 0.535 e. The summed E-state index contributed by atoms with van der Waals surface area (Å²) >= 11 is 3.47. The molecular formula is C18H26BrN3O4Si. The van der Waals surface area contributed by atoms with E-state index in [4.69, 9.17) is 10.5 Å². The third-order valence-corrected chi connectivity index (χ3v) is 6.02. The molecule has 148 valence electrons. The highest BCUT2D eigenvalue weighted by atomic mass is 79.9. The molecule has 7 nitrogen and oxygen atoms in total. The Labute approximate surface area is 168 Å². The summed E-state index contributed by atoms with van der Waals surface area (Å²) in [5.74, 6) is 0.0898. The Bertz CT molecular complexity index is 830. The van der Waals surface area contributed by atoms with E-state index in [1.165, 1.54) is 0 Å². The Balaban J connectivity index is 2.22. The molecule has 2 rings (SSSR count). The van der Waals surface area contributed by atoms with Crippen LogP contribution in [0.1, 0.15) is 12.5 Å². The van der Waals surface area contributed by atoms with E-state index < -0.39 is 14.2 Å². The van der Waals surface area contributed by atoms with Crippen LogP contribution < -0.4 is 5.73 Å². The number of nitrogens with zero attached hydrogens (tertiary/aromatic N) is 2. The molecule has 2 N–H and O–H groups in total. The molecule has 1 aromatic heterocycles. The van der Waals surface area contributed by atoms with Crippen molar-refractivity contribution in [3.05, 3.63) is 34.4 Å². The maximum atomic E-state index is 11.3. The number of carbonyl (C=O) groups excluding carboxylic acids is 1. The maximum absolute atomic E-state index is 11.3. The number of hydrogen-bond acceptors (Lipinski definition) is 5. The first-order chi connectivity index (χ1) is 12.7. The molecule has 0 unspecified atom stereocenters.